The molecule has 118 valence electrons. The molecular weight excluding hydrogens is 260 g/mol. The van der Waals surface area contributed by atoms with Gasteiger partial charge in [0.25, 0.3) is 5.56 Å². The Morgan fingerprint density at radius 3 is 2.57 bits per heavy atom. The molecule has 2 rings (SSSR count). The van der Waals surface area contributed by atoms with Gasteiger partial charge in [0.15, 0.2) is 0 Å². The van der Waals surface area contributed by atoms with E-state index in [2.05, 4.69) is 43.6 Å². The van der Waals surface area contributed by atoms with Gasteiger partial charge in [0.2, 0.25) is 0 Å². The molecule has 0 atom stereocenters. The van der Waals surface area contributed by atoms with Crippen LogP contribution in [0.25, 0.3) is 0 Å². The van der Waals surface area contributed by atoms with Crippen LogP contribution in [0.5, 0.6) is 0 Å². The van der Waals surface area contributed by atoms with Gasteiger partial charge < -0.3 is 9.88 Å². The Kier molecular flexibility index (Phi) is 5.63. The molecule has 0 fully saturated rings. The second kappa shape index (κ2) is 7.26. The normalized spacial score (nSPS) is 14.8. The maximum absolute atomic E-state index is 12.8. The minimum atomic E-state index is 0.226. The fraction of sp³-hybridized carbons (Fsp3) is 0.722. The van der Waals surface area contributed by atoms with Crippen molar-refractivity contribution in [1.29, 1.82) is 0 Å². The largest absolute Gasteiger partial charge is 0.312 e. The third-order valence-corrected chi connectivity index (χ3v) is 4.31. The molecule has 0 amide bonds. The van der Waals surface area contributed by atoms with Crippen LogP contribution in [0, 0.1) is 5.92 Å². The lowest BCUT2D eigenvalue weighted by atomic mass is 9.94. The molecule has 0 spiro atoms. The minimum Gasteiger partial charge on any atom is -0.312 e. The van der Waals surface area contributed by atoms with E-state index in [-0.39, 0.29) is 5.56 Å². The summed E-state index contributed by atoms with van der Waals surface area (Å²) in [6.45, 7) is 10.2. The van der Waals surface area contributed by atoms with Crippen LogP contribution in [-0.2, 0) is 25.9 Å². The third-order valence-electron chi connectivity index (χ3n) is 4.31. The fourth-order valence-electron chi connectivity index (χ4n) is 3.01. The quantitative estimate of drug-likeness (QED) is 0.872. The molecule has 1 aromatic heterocycles. The van der Waals surface area contributed by atoms with E-state index in [0.717, 1.165) is 31.4 Å². The first-order chi connectivity index (χ1) is 9.99. The maximum atomic E-state index is 12.8. The Bertz CT molecular complexity index is 529. The van der Waals surface area contributed by atoms with Crippen LogP contribution in [0.1, 0.15) is 63.8 Å². The molecule has 0 bridgehead atoms. The molecule has 1 aromatic rings. The van der Waals surface area contributed by atoms with E-state index < -0.39 is 0 Å². The molecular formula is C18H30N2O. The van der Waals surface area contributed by atoms with Gasteiger partial charge >= 0.3 is 0 Å². The van der Waals surface area contributed by atoms with Gasteiger partial charge in [-0.2, -0.15) is 0 Å². The minimum absolute atomic E-state index is 0.226. The monoisotopic (exact) mass is 290 g/mol. The van der Waals surface area contributed by atoms with Gasteiger partial charge in [0.1, 0.15) is 0 Å². The van der Waals surface area contributed by atoms with E-state index in [9.17, 15) is 4.79 Å². The number of aromatic nitrogens is 1. The van der Waals surface area contributed by atoms with E-state index in [0.29, 0.717) is 18.5 Å². The highest BCUT2D eigenvalue weighted by Gasteiger charge is 2.17. The Hall–Kier alpha value is -1.09. The van der Waals surface area contributed by atoms with Gasteiger partial charge in [-0.25, -0.2) is 0 Å². The smallest absolute Gasteiger partial charge is 0.255 e. The summed E-state index contributed by atoms with van der Waals surface area (Å²) < 4.78 is 2.08. The summed E-state index contributed by atoms with van der Waals surface area (Å²) in [5.74, 6) is 0.633. The molecule has 0 saturated heterocycles. The predicted octanol–water partition coefficient (Wildman–Crippen LogP) is 3.27. The Labute approximate surface area is 128 Å². The zero-order chi connectivity index (χ0) is 15.4. The molecule has 0 saturated carbocycles. The average Bonchev–Trinajstić information content (AvgIpc) is 2.44. The number of hydrogen-bond donors (Lipinski definition) is 1. The van der Waals surface area contributed by atoms with Crippen LogP contribution in [0.15, 0.2) is 10.9 Å². The second-order valence-corrected chi connectivity index (χ2v) is 7.02. The summed E-state index contributed by atoms with van der Waals surface area (Å²) in [4.78, 5) is 12.8. The molecule has 1 heterocycles. The first kappa shape index (κ1) is 16.3. The van der Waals surface area contributed by atoms with E-state index >= 15 is 0 Å². The predicted molar refractivity (Wildman–Crippen MR) is 88.8 cm³/mol. The van der Waals surface area contributed by atoms with Gasteiger partial charge in [-0.3, -0.25) is 4.79 Å². The molecule has 21 heavy (non-hydrogen) atoms. The van der Waals surface area contributed by atoms with E-state index in [1.807, 2.05) is 0 Å². The molecule has 0 radical (unpaired) electrons. The molecule has 1 aliphatic carbocycles. The molecule has 1 N–H and O–H groups in total. The van der Waals surface area contributed by atoms with Crippen LogP contribution in [0.4, 0.5) is 0 Å². The molecule has 3 nitrogen and oxygen atoms in total. The summed E-state index contributed by atoms with van der Waals surface area (Å²) in [5, 5.41) is 3.39. The number of fused-ring (bicyclic) bond motifs is 1. The number of hydrogen-bond acceptors (Lipinski definition) is 2. The van der Waals surface area contributed by atoms with Crippen LogP contribution in [0.3, 0.4) is 0 Å². The van der Waals surface area contributed by atoms with E-state index in [4.69, 9.17) is 0 Å². The lowest BCUT2D eigenvalue weighted by Crippen LogP contribution is -2.33. The first-order valence-electron chi connectivity index (χ1n) is 8.47. The number of rotatable bonds is 6. The Morgan fingerprint density at radius 1 is 1.19 bits per heavy atom. The van der Waals surface area contributed by atoms with Gasteiger partial charge in [0, 0.05) is 30.4 Å². The van der Waals surface area contributed by atoms with Crippen LogP contribution >= 0.6 is 0 Å². The van der Waals surface area contributed by atoms with Crippen molar-refractivity contribution < 1.29 is 0 Å². The van der Waals surface area contributed by atoms with Crippen LogP contribution in [0.2, 0.25) is 0 Å². The number of pyridine rings is 1. The average molecular weight is 290 g/mol. The van der Waals surface area contributed by atoms with Crippen molar-refractivity contribution in [3.8, 4) is 0 Å². The highest BCUT2D eigenvalue weighted by atomic mass is 16.1. The lowest BCUT2D eigenvalue weighted by Gasteiger charge is -2.23. The van der Waals surface area contributed by atoms with Crippen molar-refractivity contribution in [3.05, 3.63) is 33.2 Å². The van der Waals surface area contributed by atoms with Crippen LogP contribution in [-0.4, -0.2) is 10.6 Å². The molecule has 0 aliphatic heterocycles. The number of aryl methyl sites for hydroxylation is 1. The molecule has 0 unspecified atom stereocenters. The number of nitrogens with one attached hydrogen (secondary N) is 1. The summed E-state index contributed by atoms with van der Waals surface area (Å²) in [6, 6.07) is 2.57. The summed E-state index contributed by atoms with van der Waals surface area (Å²) >= 11 is 0. The highest BCUT2D eigenvalue weighted by molar-refractivity contribution is 5.29. The summed E-state index contributed by atoms with van der Waals surface area (Å²) in [5.41, 5.74) is 3.88. The second-order valence-electron chi connectivity index (χ2n) is 7.02. The SMILES string of the molecule is CC(C)CCn1c2c(cc(CNC(C)C)c1=O)CCCC2. The van der Waals surface area contributed by atoms with Gasteiger partial charge in [0.05, 0.1) is 0 Å². The van der Waals surface area contributed by atoms with Gasteiger partial charge in [-0.15, -0.1) is 0 Å². The van der Waals surface area contributed by atoms with Crippen molar-refractivity contribution in [2.45, 2.75) is 78.9 Å². The van der Waals surface area contributed by atoms with Crippen molar-refractivity contribution in [2.75, 3.05) is 0 Å². The first-order valence-corrected chi connectivity index (χ1v) is 8.47. The Morgan fingerprint density at radius 2 is 1.90 bits per heavy atom. The number of nitrogens with zero attached hydrogens (tertiary/aromatic N) is 1. The topological polar surface area (TPSA) is 34.0 Å². The van der Waals surface area contributed by atoms with Crippen molar-refractivity contribution >= 4 is 0 Å². The third kappa shape index (κ3) is 4.19. The summed E-state index contributed by atoms with van der Waals surface area (Å²) in [7, 11) is 0. The highest BCUT2D eigenvalue weighted by Crippen LogP contribution is 2.21. The lowest BCUT2D eigenvalue weighted by molar-refractivity contribution is 0.479. The molecule has 0 aromatic carbocycles. The van der Waals surface area contributed by atoms with E-state index in [1.165, 1.54) is 24.1 Å². The maximum Gasteiger partial charge on any atom is 0.255 e. The summed E-state index contributed by atoms with van der Waals surface area (Å²) in [6.07, 6.45) is 5.75. The Balaban J connectivity index is 2.34. The van der Waals surface area contributed by atoms with Crippen LogP contribution < -0.4 is 10.9 Å². The van der Waals surface area contributed by atoms with Gasteiger partial charge in [-0.1, -0.05) is 27.7 Å². The molecule has 3 heteroatoms. The van der Waals surface area contributed by atoms with Gasteiger partial charge in [-0.05, 0) is 49.7 Å². The van der Waals surface area contributed by atoms with Crippen molar-refractivity contribution in [2.24, 2.45) is 5.92 Å². The fourth-order valence-corrected chi connectivity index (χ4v) is 3.01. The van der Waals surface area contributed by atoms with Crippen molar-refractivity contribution in [3.63, 3.8) is 0 Å². The standard InChI is InChI=1S/C18H30N2O/c1-13(2)9-10-20-17-8-6-5-7-15(17)11-16(18(20)21)12-19-14(3)4/h11,13-14,19H,5-10,12H2,1-4H3. The van der Waals surface area contributed by atoms with E-state index in [1.54, 1.807) is 0 Å². The zero-order valence-corrected chi connectivity index (χ0v) is 14.0. The van der Waals surface area contributed by atoms with Crippen molar-refractivity contribution in [1.82, 2.24) is 9.88 Å². The molecule has 1 aliphatic rings. The zero-order valence-electron chi connectivity index (χ0n) is 14.0.